The number of anilines is 2. The first kappa shape index (κ1) is 8.93. The third kappa shape index (κ3) is 1.30. The molecule has 1 heterocycles. The fourth-order valence-corrected chi connectivity index (χ4v) is 1.44. The van der Waals surface area contributed by atoms with Gasteiger partial charge in [-0.3, -0.25) is 4.79 Å². The molecule has 0 aliphatic carbocycles. The second-order valence-electron chi connectivity index (χ2n) is 3.19. The molecule has 0 atom stereocenters. The van der Waals surface area contributed by atoms with Crippen LogP contribution >= 0.6 is 0 Å². The highest BCUT2D eigenvalue weighted by molar-refractivity contribution is 6.00. The lowest BCUT2D eigenvalue weighted by molar-refractivity contribution is -0.115. The molecule has 5 heteroatoms. The molecule has 0 saturated heterocycles. The summed E-state index contributed by atoms with van der Waals surface area (Å²) in [7, 11) is 1.65. The number of carbonyl (C=O) groups excluding carboxylic acids is 1. The van der Waals surface area contributed by atoms with Crippen LogP contribution in [-0.4, -0.2) is 19.5 Å². The number of rotatable bonds is 0. The summed E-state index contributed by atoms with van der Waals surface area (Å²) in [4.78, 5) is 12.6. The molecule has 3 nitrogen and oxygen atoms in total. The monoisotopic (exact) mass is 198 g/mol. The maximum Gasteiger partial charge on any atom is 0.243 e. The summed E-state index contributed by atoms with van der Waals surface area (Å²) in [6.45, 7) is 0.151. The van der Waals surface area contributed by atoms with E-state index in [1.165, 1.54) is 0 Å². The summed E-state index contributed by atoms with van der Waals surface area (Å²) in [6, 6.07) is 2.06. The van der Waals surface area contributed by atoms with E-state index < -0.39 is 11.6 Å². The van der Waals surface area contributed by atoms with Gasteiger partial charge in [0.25, 0.3) is 0 Å². The van der Waals surface area contributed by atoms with E-state index in [2.05, 4.69) is 5.32 Å². The van der Waals surface area contributed by atoms with Crippen molar-refractivity contribution in [2.45, 2.75) is 0 Å². The second-order valence-corrected chi connectivity index (χ2v) is 3.19. The smallest absolute Gasteiger partial charge is 0.243 e. The van der Waals surface area contributed by atoms with Crippen molar-refractivity contribution < 1.29 is 13.6 Å². The second kappa shape index (κ2) is 2.94. The first-order chi connectivity index (χ1) is 6.58. The molecule has 0 radical (unpaired) electrons. The zero-order valence-corrected chi connectivity index (χ0v) is 7.47. The Morgan fingerprint density at radius 2 is 2.00 bits per heavy atom. The zero-order chi connectivity index (χ0) is 10.3. The lowest BCUT2D eigenvalue weighted by Gasteiger charge is -2.27. The lowest BCUT2D eigenvalue weighted by atomic mass is 10.2. The van der Waals surface area contributed by atoms with Gasteiger partial charge in [0.2, 0.25) is 5.91 Å². The van der Waals surface area contributed by atoms with Crippen LogP contribution in [0, 0.1) is 11.6 Å². The predicted molar refractivity (Wildman–Crippen MR) is 48.3 cm³/mol. The maximum atomic E-state index is 12.9. The van der Waals surface area contributed by atoms with E-state index in [-0.39, 0.29) is 12.5 Å². The van der Waals surface area contributed by atoms with Gasteiger partial charge in [0.15, 0.2) is 11.6 Å². The summed E-state index contributed by atoms with van der Waals surface area (Å²) >= 11 is 0. The van der Waals surface area contributed by atoms with Gasteiger partial charge >= 0.3 is 0 Å². The zero-order valence-electron chi connectivity index (χ0n) is 7.47. The van der Waals surface area contributed by atoms with Crippen molar-refractivity contribution in [2.75, 3.05) is 23.8 Å². The quantitative estimate of drug-likeness (QED) is 0.682. The summed E-state index contributed by atoms with van der Waals surface area (Å²) in [5, 5.41) is 2.47. The number of fused-ring (bicyclic) bond motifs is 1. The van der Waals surface area contributed by atoms with Gasteiger partial charge in [0.05, 0.1) is 17.9 Å². The molecule has 1 aliphatic heterocycles. The first-order valence-corrected chi connectivity index (χ1v) is 4.08. The van der Waals surface area contributed by atoms with E-state index >= 15 is 0 Å². The molecule has 14 heavy (non-hydrogen) atoms. The molecule has 0 saturated carbocycles. The number of hydrogen-bond acceptors (Lipinski definition) is 2. The Morgan fingerprint density at radius 1 is 1.36 bits per heavy atom. The minimum Gasteiger partial charge on any atom is -0.364 e. The molecular formula is C9H8F2N2O. The highest BCUT2D eigenvalue weighted by Gasteiger charge is 2.21. The largest absolute Gasteiger partial charge is 0.364 e. The molecule has 0 unspecified atom stereocenters. The highest BCUT2D eigenvalue weighted by Crippen LogP contribution is 2.30. The molecule has 2 rings (SSSR count). The molecule has 74 valence electrons. The number of likely N-dealkylation sites (N-methyl/N-ethyl adjacent to an activating group) is 1. The van der Waals surface area contributed by atoms with Crippen LogP contribution in [0.15, 0.2) is 12.1 Å². The molecule has 0 aromatic heterocycles. The van der Waals surface area contributed by atoms with Gasteiger partial charge in [-0.05, 0) is 0 Å². The molecule has 0 fully saturated rings. The lowest BCUT2D eigenvalue weighted by Crippen LogP contribution is -2.35. The number of halogens is 2. The number of amides is 1. The Hall–Kier alpha value is -1.65. The number of benzene rings is 1. The Labute approximate surface area is 79.3 Å². The van der Waals surface area contributed by atoms with Crippen molar-refractivity contribution in [1.82, 2.24) is 0 Å². The fourth-order valence-electron chi connectivity index (χ4n) is 1.44. The number of nitrogens with zero attached hydrogens (tertiary/aromatic N) is 1. The minimum absolute atomic E-state index is 0.151. The van der Waals surface area contributed by atoms with E-state index in [0.29, 0.717) is 11.4 Å². The van der Waals surface area contributed by atoms with Crippen LogP contribution in [-0.2, 0) is 4.79 Å². The Balaban J connectivity index is 2.54. The predicted octanol–water partition coefficient (Wildman–Crippen LogP) is 1.35. The fraction of sp³-hybridized carbons (Fsp3) is 0.222. The van der Waals surface area contributed by atoms with Gasteiger partial charge in [-0.15, -0.1) is 0 Å². The van der Waals surface area contributed by atoms with Crippen LogP contribution in [0.5, 0.6) is 0 Å². The van der Waals surface area contributed by atoms with Crippen molar-refractivity contribution >= 4 is 17.3 Å². The van der Waals surface area contributed by atoms with E-state index in [1.54, 1.807) is 11.9 Å². The van der Waals surface area contributed by atoms with Crippen LogP contribution < -0.4 is 10.2 Å². The average Bonchev–Trinajstić information content (AvgIpc) is 2.08. The molecule has 1 N–H and O–H groups in total. The summed E-state index contributed by atoms with van der Waals surface area (Å²) in [6.07, 6.45) is 0. The van der Waals surface area contributed by atoms with Gasteiger partial charge in [-0.1, -0.05) is 0 Å². The molecule has 0 spiro atoms. The van der Waals surface area contributed by atoms with Crippen molar-refractivity contribution in [2.24, 2.45) is 0 Å². The first-order valence-electron chi connectivity index (χ1n) is 4.08. The van der Waals surface area contributed by atoms with E-state index in [9.17, 15) is 13.6 Å². The molecular weight excluding hydrogens is 190 g/mol. The highest BCUT2D eigenvalue weighted by atomic mass is 19.2. The van der Waals surface area contributed by atoms with Gasteiger partial charge in [0.1, 0.15) is 0 Å². The van der Waals surface area contributed by atoms with E-state index in [4.69, 9.17) is 0 Å². The van der Waals surface area contributed by atoms with E-state index in [0.717, 1.165) is 12.1 Å². The summed E-state index contributed by atoms with van der Waals surface area (Å²) in [5.41, 5.74) is 0.797. The molecule has 0 bridgehead atoms. The summed E-state index contributed by atoms with van der Waals surface area (Å²) < 4.78 is 25.7. The molecule has 1 aromatic carbocycles. The topological polar surface area (TPSA) is 32.3 Å². The van der Waals surface area contributed by atoms with Crippen LogP contribution in [0.4, 0.5) is 20.2 Å². The normalized spacial score (nSPS) is 15.1. The number of nitrogens with one attached hydrogen (secondary N) is 1. The number of carbonyl (C=O) groups is 1. The minimum atomic E-state index is -0.959. The standard InChI is InChI=1S/C9H8F2N2O/c1-13-4-9(14)12-7-2-5(10)6(11)3-8(7)13/h2-3H,4H2,1H3,(H,12,14). The summed E-state index contributed by atoms with van der Waals surface area (Å²) in [5.74, 6) is -2.10. The Bertz CT molecular complexity index is 406. The van der Waals surface area contributed by atoms with Gasteiger partial charge in [0, 0.05) is 19.2 Å². The van der Waals surface area contributed by atoms with E-state index in [1.807, 2.05) is 0 Å². The van der Waals surface area contributed by atoms with Crippen molar-refractivity contribution in [3.05, 3.63) is 23.8 Å². The average molecular weight is 198 g/mol. The Morgan fingerprint density at radius 3 is 2.71 bits per heavy atom. The van der Waals surface area contributed by atoms with Crippen LogP contribution in [0.1, 0.15) is 0 Å². The van der Waals surface area contributed by atoms with Gasteiger partial charge in [-0.25, -0.2) is 8.78 Å². The van der Waals surface area contributed by atoms with Crippen molar-refractivity contribution in [3.8, 4) is 0 Å². The van der Waals surface area contributed by atoms with Crippen molar-refractivity contribution in [1.29, 1.82) is 0 Å². The Kier molecular flexibility index (Phi) is 1.87. The molecule has 1 aliphatic rings. The maximum absolute atomic E-state index is 12.9. The molecule has 1 aromatic rings. The number of hydrogen-bond donors (Lipinski definition) is 1. The third-order valence-corrected chi connectivity index (χ3v) is 2.10. The van der Waals surface area contributed by atoms with Crippen molar-refractivity contribution in [3.63, 3.8) is 0 Å². The SMILES string of the molecule is CN1CC(=O)Nc2cc(F)c(F)cc21. The van der Waals surface area contributed by atoms with Crippen LogP contribution in [0.3, 0.4) is 0 Å². The van der Waals surface area contributed by atoms with Gasteiger partial charge < -0.3 is 10.2 Å². The molecule has 1 amide bonds. The third-order valence-electron chi connectivity index (χ3n) is 2.10. The van der Waals surface area contributed by atoms with Crippen LogP contribution in [0.2, 0.25) is 0 Å². The van der Waals surface area contributed by atoms with Gasteiger partial charge in [-0.2, -0.15) is 0 Å². The van der Waals surface area contributed by atoms with Crippen LogP contribution in [0.25, 0.3) is 0 Å².